The van der Waals surface area contributed by atoms with Crippen LogP contribution in [0.3, 0.4) is 0 Å². The van der Waals surface area contributed by atoms with E-state index in [0.29, 0.717) is 68.2 Å². The van der Waals surface area contributed by atoms with E-state index in [-0.39, 0.29) is 76.6 Å². The highest BCUT2D eigenvalue weighted by atomic mass is 32.2. The molecule has 31 nitrogen and oxygen atoms in total. The number of guanidine groups is 1. The number of hydrogen-bond acceptors (Lipinski definition) is 17. The maximum Gasteiger partial charge on any atom is 0.245 e. The number of rotatable bonds is 41. The summed E-state index contributed by atoms with van der Waals surface area (Å²) in [5.41, 5.74) is 41.8. The van der Waals surface area contributed by atoms with Gasteiger partial charge in [0.15, 0.2) is 5.96 Å². The Kier molecular flexibility index (Phi) is 32.5. The SMILES string of the molecule is CSCC[C@H](NC(=O)[C@H](CC(C)C)NC(=O)CNC(=O)[C@H](Cc1ccccc1)NC(=O)[C@@H](NC(=O)[C@H](CCC(N)=O)NC(=O)[C@H](CCC(N)=O)NC(=O)[C@@H]1CCCN1C(=O)[C@H](CCCCN)NC(=O)[C@@H]1CCCN1C(=O)[C@@H](N)CCCN=C(N)N)[C@@H]1CCc2ccccc21)C(N)=O. The van der Waals surface area contributed by atoms with Gasteiger partial charge in [0.05, 0.1) is 12.6 Å². The van der Waals surface area contributed by atoms with Crippen LogP contribution in [-0.4, -0.2) is 198 Å². The summed E-state index contributed by atoms with van der Waals surface area (Å²) in [5.74, 6) is -10.4. The number of hydrogen-bond donors (Lipinski definition) is 15. The fourth-order valence-electron chi connectivity index (χ4n) is 12.2. The predicted molar refractivity (Wildman–Crippen MR) is 363 cm³/mol. The zero-order valence-electron chi connectivity index (χ0n) is 55.7. The monoisotopic (exact) mass is 1370 g/mol. The largest absolute Gasteiger partial charge is 0.370 e. The molecule has 0 unspecified atom stereocenters. The number of amides is 13. The summed E-state index contributed by atoms with van der Waals surface area (Å²) in [6, 6.07) is 3.43. The molecule has 2 aliphatic heterocycles. The number of nitrogens with two attached hydrogens (primary N) is 7. The number of nitrogens with one attached hydrogen (secondary N) is 8. The zero-order chi connectivity index (χ0) is 71.3. The van der Waals surface area contributed by atoms with Gasteiger partial charge in [-0.15, -0.1) is 0 Å². The van der Waals surface area contributed by atoms with Gasteiger partial charge in [-0.1, -0.05) is 68.4 Å². The summed E-state index contributed by atoms with van der Waals surface area (Å²) in [4.78, 5) is 186. The van der Waals surface area contributed by atoms with E-state index in [4.69, 9.17) is 40.1 Å². The average Bonchev–Trinajstić information content (AvgIpc) is 1.70. The van der Waals surface area contributed by atoms with Crippen molar-refractivity contribution >= 4 is 94.5 Å². The second-order valence-corrected chi connectivity index (χ2v) is 26.2. The molecule has 1 aliphatic carbocycles. The summed E-state index contributed by atoms with van der Waals surface area (Å²) in [5, 5.41) is 21.5. The number of carbonyl (C=O) groups is 13. The number of nitrogens with zero attached hydrogens (tertiary/aromatic N) is 3. The molecular formula is C65H100N18O13S. The lowest BCUT2D eigenvalue weighted by molar-refractivity contribution is -0.144. The summed E-state index contributed by atoms with van der Waals surface area (Å²) in [6.45, 7) is 3.89. The van der Waals surface area contributed by atoms with Crippen LogP contribution in [0.5, 0.6) is 0 Å². The van der Waals surface area contributed by atoms with Crippen molar-refractivity contribution < 1.29 is 62.3 Å². The molecule has 0 radical (unpaired) electrons. The molecule has 0 aromatic heterocycles. The van der Waals surface area contributed by atoms with E-state index in [9.17, 15) is 57.5 Å². The van der Waals surface area contributed by atoms with Crippen LogP contribution in [0.2, 0.25) is 0 Å². The van der Waals surface area contributed by atoms with E-state index in [1.807, 2.05) is 32.2 Å². The number of likely N-dealkylation sites (tertiary alicyclic amines) is 2. The minimum absolute atomic E-state index is 0.0761. The van der Waals surface area contributed by atoms with Crippen molar-refractivity contribution in [1.82, 2.24) is 52.3 Å². The first kappa shape index (κ1) is 78.8. The molecule has 3 aliphatic rings. The number of benzene rings is 2. The third kappa shape index (κ3) is 25.2. The van der Waals surface area contributed by atoms with Gasteiger partial charge in [0, 0.05) is 44.8 Å². The molecule has 5 rings (SSSR count). The van der Waals surface area contributed by atoms with Crippen LogP contribution >= 0.6 is 11.8 Å². The second kappa shape index (κ2) is 40.0. The van der Waals surface area contributed by atoms with Crippen molar-refractivity contribution in [1.29, 1.82) is 0 Å². The molecule has 2 heterocycles. The van der Waals surface area contributed by atoms with Gasteiger partial charge < -0.3 is 92.5 Å². The van der Waals surface area contributed by atoms with Crippen molar-refractivity contribution in [3.8, 4) is 0 Å². The first-order chi connectivity index (χ1) is 46.2. The second-order valence-electron chi connectivity index (χ2n) is 25.2. The first-order valence-electron chi connectivity index (χ1n) is 33.2. The fraction of sp³-hybridized carbons (Fsp3) is 0.600. The van der Waals surface area contributed by atoms with Crippen LogP contribution in [0, 0.1) is 5.92 Å². The van der Waals surface area contributed by atoms with Crippen molar-refractivity contribution in [3.63, 3.8) is 0 Å². The van der Waals surface area contributed by atoms with E-state index in [1.54, 1.807) is 42.5 Å². The van der Waals surface area contributed by atoms with Crippen LogP contribution in [-0.2, 0) is 75.2 Å². The Morgan fingerprint density at radius 2 is 1.14 bits per heavy atom. The first-order valence-corrected chi connectivity index (χ1v) is 34.6. The Morgan fingerprint density at radius 1 is 0.577 bits per heavy atom. The molecule has 534 valence electrons. The van der Waals surface area contributed by atoms with Crippen molar-refractivity contribution in [2.45, 2.75) is 196 Å². The number of primary amides is 3. The predicted octanol–water partition coefficient (Wildman–Crippen LogP) is -3.22. The van der Waals surface area contributed by atoms with Gasteiger partial charge in [0.25, 0.3) is 0 Å². The van der Waals surface area contributed by atoms with Crippen LogP contribution in [0.25, 0.3) is 0 Å². The highest BCUT2D eigenvalue weighted by molar-refractivity contribution is 7.98. The Bertz CT molecular complexity index is 3100. The number of carbonyl (C=O) groups excluding carboxylic acids is 13. The lowest BCUT2D eigenvalue weighted by Gasteiger charge is -2.32. The molecule has 2 saturated heterocycles. The van der Waals surface area contributed by atoms with Crippen LogP contribution in [0.1, 0.15) is 139 Å². The van der Waals surface area contributed by atoms with Crippen LogP contribution in [0.4, 0.5) is 0 Å². The molecule has 13 amide bonds. The molecule has 0 saturated carbocycles. The minimum Gasteiger partial charge on any atom is -0.370 e. The topological polar surface area (TPSA) is 519 Å². The molecule has 0 bridgehead atoms. The van der Waals surface area contributed by atoms with Crippen LogP contribution in [0.15, 0.2) is 59.6 Å². The van der Waals surface area contributed by atoms with Crippen LogP contribution < -0.4 is 82.7 Å². The van der Waals surface area contributed by atoms with E-state index in [2.05, 4.69) is 47.5 Å². The van der Waals surface area contributed by atoms with Gasteiger partial charge in [0.2, 0.25) is 76.8 Å². The number of unbranched alkanes of at least 4 members (excludes halogenated alkanes) is 1. The number of aliphatic imine (C=N–C) groups is 1. The molecule has 11 atom stereocenters. The van der Waals surface area contributed by atoms with Gasteiger partial charge in [-0.05, 0) is 137 Å². The normalized spacial score (nSPS) is 18.1. The summed E-state index contributed by atoms with van der Waals surface area (Å²) in [6.07, 6.45) is 4.19. The third-order valence-electron chi connectivity index (χ3n) is 17.3. The molecule has 2 aromatic rings. The van der Waals surface area contributed by atoms with Gasteiger partial charge >= 0.3 is 0 Å². The number of fused-ring (bicyclic) bond motifs is 1. The quantitative estimate of drug-likeness (QED) is 0.0177. The molecule has 2 aromatic carbocycles. The van der Waals surface area contributed by atoms with Crippen molar-refractivity contribution in [2.24, 2.45) is 51.0 Å². The van der Waals surface area contributed by atoms with E-state index in [1.165, 1.54) is 21.6 Å². The Balaban J connectivity index is 1.37. The molecular weight excluding hydrogens is 1270 g/mol. The Labute approximate surface area is 569 Å². The molecule has 32 heteroatoms. The van der Waals surface area contributed by atoms with E-state index >= 15 is 4.79 Å². The van der Waals surface area contributed by atoms with Gasteiger partial charge in [-0.3, -0.25) is 67.3 Å². The fourth-order valence-corrected chi connectivity index (χ4v) is 12.7. The zero-order valence-corrected chi connectivity index (χ0v) is 56.5. The maximum absolute atomic E-state index is 15.1. The highest BCUT2D eigenvalue weighted by Crippen LogP contribution is 2.36. The lowest BCUT2D eigenvalue weighted by atomic mass is 9.91. The van der Waals surface area contributed by atoms with E-state index < -0.39 is 175 Å². The standard InChI is InChI=1S/C65H100N18O13S/c1-37(2)34-47(59(91)76-43(55(70)87)28-33-97-3)75-53(86)36-74-56(88)48(35-38-14-5-4-6-15-38)80-62(94)54(41-23-22-39-16-7-8-17-40(39)41)81-58(90)45(25-27-52(69)85)77-57(89)44(24-26-51(68)84)78-60(92)50-21-13-32-83(50)64(96)46(19-9-10-29-66)79-61(93)49-20-12-31-82(49)63(95)42(67)18-11-30-73-65(71)72/h4-8,14-17,37,41-50,54H,9-13,18-36,66-67H2,1-3H3,(H2,68,84)(H2,69,85)(H2,70,87)(H,74,88)(H,75,86)(H,76,91)(H,77,89)(H,78,92)(H,79,93)(H,80,94)(H,81,90)(H4,71,72,73)/t41-,42+,43+,44+,45+,46+,47+,48+,49+,50+,54+/m1/s1. The smallest absolute Gasteiger partial charge is 0.245 e. The molecule has 22 N–H and O–H groups in total. The molecule has 97 heavy (non-hydrogen) atoms. The molecule has 0 spiro atoms. The maximum atomic E-state index is 15.1. The summed E-state index contributed by atoms with van der Waals surface area (Å²) in [7, 11) is 0. The third-order valence-corrected chi connectivity index (χ3v) is 17.9. The van der Waals surface area contributed by atoms with E-state index in [0.717, 1.165) is 5.56 Å². The van der Waals surface area contributed by atoms with Crippen molar-refractivity contribution in [3.05, 3.63) is 71.3 Å². The Morgan fingerprint density at radius 3 is 1.74 bits per heavy atom. The summed E-state index contributed by atoms with van der Waals surface area (Å²) < 4.78 is 0. The van der Waals surface area contributed by atoms with Gasteiger partial charge in [-0.2, -0.15) is 11.8 Å². The van der Waals surface area contributed by atoms with Gasteiger partial charge in [0.1, 0.15) is 54.4 Å². The minimum atomic E-state index is -1.64. The Hall–Kier alpha value is -8.91. The van der Waals surface area contributed by atoms with Gasteiger partial charge in [-0.25, -0.2) is 0 Å². The van der Waals surface area contributed by atoms with Crippen molar-refractivity contribution in [2.75, 3.05) is 44.7 Å². The highest BCUT2D eigenvalue weighted by Gasteiger charge is 2.43. The molecule has 2 fully saturated rings. The number of thioether (sulfide) groups is 1. The average molecular weight is 1370 g/mol. The summed E-state index contributed by atoms with van der Waals surface area (Å²) >= 11 is 1.46. The number of aryl methyl sites for hydroxylation is 1. The lowest BCUT2D eigenvalue weighted by Crippen LogP contribution is -2.61.